The van der Waals surface area contributed by atoms with Gasteiger partial charge in [-0.1, -0.05) is 43.7 Å². The van der Waals surface area contributed by atoms with E-state index in [1.54, 1.807) is 12.1 Å². The molecule has 0 radical (unpaired) electrons. The number of benzene rings is 2. The molecule has 0 bridgehead atoms. The Balaban J connectivity index is 2.09. The van der Waals surface area contributed by atoms with Crippen LogP contribution in [0, 0.1) is 0 Å². The van der Waals surface area contributed by atoms with Gasteiger partial charge >= 0.3 is 6.36 Å². The predicted octanol–water partition coefficient (Wildman–Crippen LogP) is 4.41. The number of halogens is 3. The topological polar surface area (TPSA) is 55.4 Å². The second kappa shape index (κ2) is 8.55. The van der Waals surface area contributed by atoms with Crippen LogP contribution in [0.2, 0.25) is 0 Å². The van der Waals surface area contributed by atoms with Gasteiger partial charge in [-0.25, -0.2) is 13.1 Å². The molecule has 2 aromatic carbocycles. The molecule has 0 aromatic heterocycles. The van der Waals surface area contributed by atoms with E-state index in [0.29, 0.717) is 0 Å². The van der Waals surface area contributed by atoms with Crippen LogP contribution in [0.15, 0.2) is 53.4 Å². The molecule has 0 amide bonds. The van der Waals surface area contributed by atoms with Crippen molar-refractivity contribution in [3.8, 4) is 5.75 Å². The van der Waals surface area contributed by atoms with Crippen molar-refractivity contribution in [2.75, 3.05) is 0 Å². The fourth-order valence-corrected chi connectivity index (χ4v) is 3.35. The summed E-state index contributed by atoms with van der Waals surface area (Å²) in [5, 5.41) is 0. The van der Waals surface area contributed by atoms with Crippen LogP contribution >= 0.6 is 0 Å². The molecule has 0 fully saturated rings. The van der Waals surface area contributed by atoms with E-state index >= 15 is 0 Å². The fourth-order valence-electron chi connectivity index (χ4n) is 2.35. The van der Waals surface area contributed by atoms with Gasteiger partial charge in [-0.2, -0.15) is 0 Å². The normalized spacial score (nSPS) is 12.2. The summed E-state index contributed by atoms with van der Waals surface area (Å²) in [7, 11) is -3.84. The number of alkyl halides is 3. The van der Waals surface area contributed by atoms with Crippen LogP contribution in [0.3, 0.4) is 0 Å². The molecule has 0 heterocycles. The molecule has 0 spiro atoms. The Morgan fingerprint density at radius 1 is 1.04 bits per heavy atom. The molecule has 4 nitrogen and oxygen atoms in total. The molecule has 0 saturated heterocycles. The molecule has 0 unspecified atom stereocenters. The van der Waals surface area contributed by atoms with E-state index in [-0.39, 0.29) is 17.0 Å². The summed E-state index contributed by atoms with van der Waals surface area (Å²) in [6.45, 7) is 1.76. The highest BCUT2D eigenvalue weighted by Crippen LogP contribution is 2.26. The van der Waals surface area contributed by atoms with Crippen LogP contribution in [-0.2, 0) is 23.0 Å². The van der Waals surface area contributed by atoms with E-state index in [2.05, 4.69) is 16.4 Å². The average Bonchev–Trinajstić information content (AvgIpc) is 2.58. The Kier molecular flexibility index (Phi) is 6.66. The minimum Gasteiger partial charge on any atom is -0.405 e. The minimum absolute atomic E-state index is 0.0620. The molecule has 0 atom stereocenters. The Morgan fingerprint density at radius 3 is 2.31 bits per heavy atom. The van der Waals surface area contributed by atoms with Gasteiger partial charge in [0, 0.05) is 12.1 Å². The molecular weight excluding hydrogens is 367 g/mol. The number of para-hydroxylation sites is 1. The lowest BCUT2D eigenvalue weighted by molar-refractivity contribution is -0.274. The van der Waals surface area contributed by atoms with Gasteiger partial charge < -0.3 is 4.74 Å². The quantitative estimate of drug-likeness (QED) is 0.730. The highest BCUT2D eigenvalue weighted by molar-refractivity contribution is 7.89. The van der Waals surface area contributed by atoms with E-state index in [0.717, 1.165) is 30.9 Å². The smallest absolute Gasteiger partial charge is 0.405 e. The van der Waals surface area contributed by atoms with Crippen molar-refractivity contribution in [2.24, 2.45) is 0 Å². The van der Waals surface area contributed by atoms with Crippen LogP contribution in [0.1, 0.15) is 30.9 Å². The number of aryl methyl sites for hydroxylation is 1. The summed E-state index contributed by atoms with van der Waals surface area (Å²) in [5.74, 6) is -0.433. The summed E-state index contributed by atoms with van der Waals surface area (Å²) < 4.78 is 68.2. The average molecular weight is 387 g/mol. The molecule has 8 heteroatoms. The molecule has 0 aliphatic rings. The summed E-state index contributed by atoms with van der Waals surface area (Å²) in [6, 6.07) is 11.9. The Morgan fingerprint density at radius 2 is 1.69 bits per heavy atom. The third-order valence-electron chi connectivity index (χ3n) is 3.70. The monoisotopic (exact) mass is 387 g/mol. The summed E-state index contributed by atoms with van der Waals surface area (Å²) in [5.41, 5.74) is 1.13. The molecular formula is C18H20F3NO3S. The lowest BCUT2D eigenvalue weighted by Gasteiger charge is -2.14. The van der Waals surface area contributed by atoms with Crippen molar-refractivity contribution in [1.82, 2.24) is 4.72 Å². The number of nitrogens with one attached hydrogen (secondary N) is 1. The summed E-state index contributed by atoms with van der Waals surface area (Å²) >= 11 is 0. The van der Waals surface area contributed by atoms with Crippen LogP contribution in [-0.4, -0.2) is 14.8 Å². The molecule has 0 aliphatic heterocycles. The van der Waals surface area contributed by atoms with Gasteiger partial charge in [0.05, 0.1) is 4.90 Å². The predicted molar refractivity (Wildman–Crippen MR) is 92.2 cm³/mol. The number of hydrogen-bond donors (Lipinski definition) is 1. The van der Waals surface area contributed by atoms with E-state index in [9.17, 15) is 21.6 Å². The van der Waals surface area contributed by atoms with Crippen molar-refractivity contribution < 1.29 is 26.3 Å². The van der Waals surface area contributed by atoms with Gasteiger partial charge in [0.25, 0.3) is 0 Å². The first kappa shape index (κ1) is 20.3. The molecule has 2 rings (SSSR count). The van der Waals surface area contributed by atoms with Gasteiger partial charge in [-0.05, 0) is 36.6 Å². The Bertz CT molecular complexity index is 818. The Labute approximate surface area is 151 Å². The van der Waals surface area contributed by atoms with Crippen molar-refractivity contribution in [3.63, 3.8) is 0 Å². The largest absolute Gasteiger partial charge is 0.573 e. The number of ether oxygens (including phenoxy) is 1. The third-order valence-corrected chi connectivity index (χ3v) is 5.12. The highest BCUT2D eigenvalue weighted by Gasteiger charge is 2.32. The first-order valence-corrected chi connectivity index (χ1v) is 9.62. The van der Waals surface area contributed by atoms with Crippen LogP contribution in [0.4, 0.5) is 13.2 Å². The summed E-state index contributed by atoms with van der Waals surface area (Å²) in [6.07, 6.45) is -1.92. The number of unbranched alkanes of at least 4 members (excludes halogenated alkanes) is 1. The standard InChI is InChI=1S/C18H20F3NO3S/c1-2-3-6-14-9-11-16(12-10-14)26(23,24)22-13-15-7-4-5-8-17(15)25-18(19,20)21/h4-5,7-12,22H,2-3,6,13H2,1H3. The zero-order valence-corrected chi connectivity index (χ0v) is 15.0. The molecule has 1 N–H and O–H groups in total. The number of sulfonamides is 1. The first-order chi connectivity index (χ1) is 12.2. The van der Waals surface area contributed by atoms with Crippen molar-refractivity contribution in [1.29, 1.82) is 0 Å². The van der Waals surface area contributed by atoms with E-state index in [1.807, 2.05) is 0 Å². The minimum atomic E-state index is -4.84. The zero-order valence-electron chi connectivity index (χ0n) is 14.2. The maximum Gasteiger partial charge on any atom is 0.573 e. The third kappa shape index (κ3) is 6.03. The van der Waals surface area contributed by atoms with E-state index < -0.39 is 22.1 Å². The van der Waals surface area contributed by atoms with Crippen LogP contribution in [0.25, 0.3) is 0 Å². The first-order valence-electron chi connectivity index (χ1n) is 8.13. The highest BCUT2D eigenvalue weighted by atomic mass is 32.2. The van der Waals surface area contributed by atoms with Gasteiger partial charge in [0.1, 0.15) is 5.75 Å². The Hall–Kier alpha value is -2.06. The van der Waals surface area contributed by atoms with E-state index in [4.69, 9.17) is 0 Å². The molecule has 2 aromatic rings. The number of rotatable bonds is 8. The number of hydrogen-bond acceptors (Lipinski definition) is 3. The summed E-state index contributed by atoms with van der Waals surface area (Å²) in [4.78, 5) is 0.0620. The fraction of sp³-hybridized carbons (Fsp3) is 0.333. The van der Waals surface area contributed by atoms with Crippen molar-refractivity contribution >= 4 is 10.0 Å². The van der Waals surface area contributed by atoms with Gasteiger partial charge in [-0.3, -0.25) is 0 Å². The van der Waals surface area contributed by atoms with Gasteiger partial charge in [-0.15, -0.1) is 13.2 Å². The van der Waals surface area contributed by atoms with Crippen LogP contribution in [0.5, 0.6) is 5.75 Å². The van der Waals surface area contributed by atoms with Crippen molar-refractivity contribution in [3.05, 3.63) is 59.7 Å². The maximum atomic E-state index is 12.4. The molecule has 26 heavy (non-hydrogen) atoms. The van der Waals surface area contributed by atoms with E-state index in [1.165, 1.54) is 30.3 Å². The second-order valence-electron chi connectivity index (χ2n) is 5.73. The van der Waals surface area contributed by atoms with Gasteiger partial charge in [0.2, 0.25) is 10.0 Å². The molecule has 0 saturated carbocycles. The molecule has 142 valence electrons. The van der Waals surface area contributed by atoms with Crippen molar-refractivity contribution in [2.45, 2.75) is 44.0 Å². The zero-order chi connectivity index (χ0) is 19.2. The molecule has 0 aliphatic carbocycles. The van der Waals surface area contributed by atoms with Crippen LogP contribution < -0.4 is 9.46 Å². The SMILES string of the molecule is CCCCc1ccc(S(=O)(=O)NCc2ccccc2OC(F)(F)F)cc1. The lowest BCUT2D eigenvalue weighted by Crippen LogP contribution is -2.24. The van der Waals surface area contributed by atoms with Gasteiger partial charge in [0.15, 0.2) is 0 Å². The maximum absolute atomic E-state index is 12.4. The lowest BCUT2D eigenvalue weighted by atomic mass is 10.1. The second-order valence-corrected chi connectivity index (χ2v) is 7.49.